The lowest BCUT2D eigenvalue weighted by Gasteiger charge is -2.28. The Balaban J connectivity index is 4.37. The number of ether oxygens (including phenoxy) is 1. The zero-order chi connectivity index (χ0) is 12.1. The van der Waals surface area contributed by atoms with Gasteiger partial charge in [0.1, 0.15) is 0 Å². The average Bonchev–Trinajstić information content (AvgIpc) is 2.13. The molecule has 0 amide bonds. The number of esters is 1. The van der Waals surface area contributed by atoms with Gasteiger partial charge in [0.25, 0.3) is 0 Å². The van der Waals surface area contributed by atoms with Crippen molar-refractivity contribution in [2.75, 3.05) is 19.0 Å². The van der Waals surface area contributed by atoms with E-state index in [2.05, 4.69) is 5.32 Å². The summed E-state index contributed by atoms with van der Waals surface area (Å²) >= 11 is 11.8. The highest BCUT2D eigenvalue weighted by Gasteiger charge is 2.37. The van der Waals surface area contributed by atoms with Gasteiger partial charge in [-0.2, -0.15) is 0 Å². The molecule has 0 aliphatic carbocycles. The zero-order valence-electron chi connectivity index (χ0n) is 9.69. The SMILES string of the molecule is CCOC(=O)C(Cl)(CCl)CNC(C)(C)C. The molecule has 0 aromatic heterocycles. The van der Waals surface area contributed by atoms with Crippen molar-refractivity contribution in [3.63, 3.8) is 0 Å². The van der Waals surface area contributed by atoms with Gasteiger partial charge in [0.2, 0.25) is 0 Å². The van der Waals surface area contributed by atoms with Crippen molar-refractivity contribution < 1.29 is 9.53 Å². The first-order valence-corrected chi connectivity index (χ1v) is 5.83. The quantitative estimate of drug-likeness (QED) is 0.605. The lowest BCUT2D eigenvalue weighted by atomic mass is 10.1. The van der Waals surface area contributed by atoms with Crippen molar-refractivity contribution in [2.24, 2.45) is 0 Å². The summed E-state index contributed by atoms with van der Waals surface area (Å²) in [7, 11) is 0. The summed E-state index contributed by atoms with van der Waals surface area (Å²) in [5.41, 5.74) is -0.112. The van der Waals surface area contributed by atoms with Crippen molar-refractivity contribution in [2.45, 2.75) is 38.1 Å². The van der Waals surface area contributed by atoms with Gasteiger partial charge in [0.15, 0.2) is 4.87 Å². The molecule has 3 nitrogen and oxygen atoms in total. The molecule has 0 radical (unpaired) electrons. The first kappa shape index (κ1) is 15.0. The molecule has 0 fully saturated rings. The van der Waals surface area contributed by atoms with Gasteiger partial charge in [-0.15, -0.1) is 23.2 Å². The fourth-order valence-corrected chi connectivity index (χ4v) is 1.16. The van der Waals surface area contributed by atoms with E-state index in [1.54, 1.807) is 6.92 Å². The van der Waals surface area contributed by atoms with Crippen LogP contribution in [0.15, 0.2) is 0 Å². The Bertz CT molecular complexity index is 216. The van der Waals surface area contributed by atoms with E-state index in [1.807, 2.05) is 20.8 Å². The molecule has 0 heterocycles. The number of nitrogens with one attached hydrogen (secondary N) is 1. The second-order valence-corrected chi connectivity index (χ2v) is 5.41. The Hall–Kier alpha value is 0.01000. The van der Waals surface area contributed by atoms with Crippen molar-refractivity contribution in [3.05, 3.63) is 0 Å². The second-order valence-electron chi connectivity index (χ2n) is 4.42. The van der Waals surface area contributed by atoms with Crippen LogP contribution in [-0.2, 0) is 9.53 Å². The molecule has 1 N–H and O–H groups in total. The number of rotatable bonds is 5. The van der Waals surface area contributed by atoms with E-state index in [4.69, 9.17) is 27.9 Å². The summed E-state index contributed by atoms with van der Waals surface area (Å²) in [6, 6.07) is 0. The normalized spacial score (nSPS) is 15.9. The first-order chi connectivity index (χ1) is 6.75. The molecule has 0 aliphatic rings. The minimum absolute atomic E-state index is 0.0243. The van der Waals surface area contributed by atoms with Crippen LogP contribution in [0.1, 0.15) is 27.7 Å². The monoisotopic (exact) mass is 255 g/mol. The van der Waals surface area contributed by atoms with Gasteiger partial charge in [-0.05, 0) is 27.7 Å². The Morgan fingerprint density at radius 1 is 1.40 bits per heavy atom. The maximum absolute atomic E-state index is 11.5. The molecule has 0 saturated heterocycles. The molecule has 1 atom stereocenters. The van der Waals surface area contributed by atoms with Gasteiger partial charge in [0.05, 0.1) is 12.5 Å². The van der Waals surface area contributed by atoms with Crippen molar-refractivity contribution in [3.8, 4) is 0 Å². The summed E-state index contributed by atoms with van der Waals surface area (Å²) < 4.78 is 4.87. The topological polar surface area (TPSA) is 38.3 Å². The second kappa shape index (κ2) is 5.92. The van der Waals surface area contributed by atoms with E-state index in [0.29, 0.717) is 13.2 Å². The Morgan fingerprint density at radius 2 is 1.93 bits per heavy atom. The number of halogens is 2. The lowest BCUT2D eigenvalue weighted by molar-refractivity contribution is -0.145. The maximum Gasteiger partial charge on any atom is 0.329 e. The molecule has 15 heavy (non-hydrogen) atoms. The third-order valence-corrected chi connectivity index (χ3v) is 2.77. The summed E-state index contributed by atoms with van der Waals surface area (Å²) in [5.74, 6) is -0.449. The number of carbonyl (C=O) groups is 1. The van der Waals surface area contributed by atoms with Crippen molar-refractivity contribution in [1.29, 1.82) is 0 Å². The lowest BCUT2D eigenvalue weighted by Crippen LogP contribution is -2.50. The van der Waals surface area contributed by atoms with Crippen LogP contribution in [0.3, 0.4) is 0 Å². The largest absolute Gasteiger partial charge is 0.465 e. The predicted molar refractivity (Wildman–Crippen MR) is 63.7 cm³/mol. The Labute approximate surface area is 101 Å². The fourth-order valence-electron chi connectivity index (χ4n) is 0.840. The van der Waals surface area contributed by atoms with Gasteiger partial charge in [-0.1, -0.05) is 0 Å². The molecular weight excluding hydrogens is 237 g/mol. The molecule has 0 rings (SSSR count). The molecular formula is C10H19Cl2NO2. The maximum atomic E-state index is 11.5. The van der Waals surface area contributed by atoms with E-state index < -0.39 is 10.8 Å². The average molecular weight is 256 g/mol. The molecule has 5 heteroatoms. The summed E-state index contributed by atoms with van der Waals surface area (Å²) in [6.45, 7) is 8.30. The molecule has 1 unspecified atom stereocenters. The molecule has 0 saturated carbocycles. The van der Waals surface area contributed by atoms with Crippen LogP contribution in [0, 0.1) is 0 Å². The van der Waals surface area contributed by atoms with E-state index >= 15 is 0 Å². The van der Waals surface area contributed by atoms with E-state index in [9.17, 15) is 4.79 Å². The van der Waals surface area contributed by atoms with Crippen LogP contribution in [0.25, 0.3) is 0 Å². The Morgan fingerprint density at radius 3 is 2.27 bits per heavy atom. The summed E-state index contributed by atoms with van der Waals surface area (Å²) in [6.07, 6.45) is 0. The van der Waals surface area contributed by atoms with Crippen LogP contribution >= 0.6 is 23.2 Å². The van der Waals surface area contributed by atoms with Crippen LogP contribution < -0.4 is 5.32 Å². The van der Waals surface area contributed by atoms with Gasteiger partial charge in [0, 0.05) is 12.1 Å². The van der Waals surface area contributed by atoms with E-state index in [-0.39, 0.29) is 11.4 Å². The highest BCUT2D eigenvalue weighted by Crippen LogP contribution is 2.19. The van der Waals surface area contributed by atoms with Gasteiger partial charge < -0.3 is 10.1 Å². The standard InChI is InChI=1S/C10H19Cl2NO2/c1-5-15-8(14)10(12,6-11)7-13-9(2,3)4/h13H,5-7H2,1-4H3. The third-order valence-electron chi connectivity index (χ3n) is 1.75. The smallest absolute Gasteiger partial charge is 0.329 e. The van der Waals surface area contributed by atoms with Crippen molar-refractivity contribution >= 4 is 29.2 Å². The van der Waals surface area contributed by atoms with Gasteiger partial charge in [-0.25, -0.2) is 0 Å². The number of alkyl halides is 2. The molecule has 0 spiro atoms. The first-order valence-electron chi connectivity index (χ1n) is 4.92. The van der Waals surface area contributed by atoms with E-state index in [1.165, 1.54) is 0 Å². The predicted octanol–water partition coefficient (Wildman–Crippen LogP) is 2.15. The molecule has 0 bridgehead atoms. The number of hydrogen-bond donors (Lipinski definition) is 1. The molecule has 0 aromatic rings. The fraction of sp³-hybridized carbons (Fsp3) is 0.900. The number of carbonyl (C=O) groups excluding carboxylic acids is 1. The highest BCUT2D eigenvalue weighted by molar-refractivity contribution is 6.39. The third kappa shape index (κ3) is 5.59. The van der Waals surface area contributed by atoms with Crippen LogP contribution in [-0.4, -0.2) is 35.4 Å². The van der Waals surface area contributed by atoms with Crippen molar-refractivity contribution in [1.82, 2.24) is 5.32 Å². The minimum atomic E-state index is -1.18. The van der Waals surface area contributed by atoms with Gasteiger partial charge >= 0.3 is 5.97 Å². The van der Waals surface area contributed by atoms with Crippen LogP contribution in [0.5, 0.6) is 0 Å². The van der Waals surface area contributed by atoms with Gasteiger partial charge in [-0.3, -0.25) is 4.79 Å². The summed E-state index contributed by atoms with van der Waals surface area (Å²) in [4.78, 5) is 10.4. The highest BCUT2D eigenvalue weighted by atomic mass is 35.5. The zero-order valence-corrected chi connectivity index (χ0v) is 11.2. The Kier molecular flexibility index (Phi) is 5.93. The van der Waals surface area contributed by atoms with E-state index in [0.717, 1.165) is 0 Å². The number of hydrogen-bond acceptors (Lipinski definition) is 3. The van der Waals surface area contributed by atoms with Crippen LogP contribution in [0.4, 0.5) is 0 Å². The molecule has 0 aliphatic heterocycles. The van der Waals surface area contributed by atoms with Crippen LogP contribution in [0.2, 0.25) is 0 Å². The summed E-state index contributed by atoms with van der Waals surface area (Å²) in [5, 5.41) is 3.14. The molecule has 90 valence electrons. The minimum Gasteiger partial charge on any atom is -0.465 e. The molecule has 0 aromatic carbocycles.